The first-order valence-corrected chi connectivity index (χ1v) is 50.5. The smallest absolute Gasteiger partial charge is 0.462 e. The lowest BCUT2D eigenvalue weighted by Gasteiger charge is -2.21. The first kappa shape index (κ1) is 109. The van der Waals surface area contributed by atoms with Crippen LogP contribution in [-0.2, 0) is 65.4 Å². The van der Waals surface area contributed by atoms with Crippen LogP contribution >= 0.6 is 15.6 Å². The molecule has 19 heteroatoms. The minimum absolute atomic E-state index is 0.108. The minimum Gasteiger partial charge on any atom is -0.462 e. The number of esters is 4. The van der Waals surface area contributed by atoms with Crippen LogP contribution in [0.4, 0.5) is 0 Å². The van der Waals surface area contributed by atoms with E-state index in [0.717, 1.165) is 102 Å². The average molecular weight is 1620 g/mol. The fourth-order valence-corrected chi connectivity index (χ4v) is 16.1. The van der Waals surface area contributed by atoms with Gasteiger partial charge < -0.3 is 33.8 Å². The van der Waals surface area contributed by atoms with Gasteiger partial charge in [-0.15, -0.1) is 0 Å². The van der Waals surface area contributed by atoms with Crippen LogP contribution in [-0.4, -0.2) is 96.7 Å². The number of phosphoric acid groups is 2. The molecule has 0 aliphatic rings. The quantitative estimate of drug-likeness (QED) is 0.0222. The van der Waals surface area contributed by atoms with E-state index in [-0.39, 0.29) is 25.7 Å². The predicted octanol–water partition coefficient (Wildman–Crippen LogP) is 28.6. The number of rotatable bonds is 91. The number of aliphatic hydroxyl groups excluding tert-OH is 1. The molecule has 5 atom stereocenters. The molecule has 111 heavy (non-hydrogen) atoms. The van der Waals surface area contributed by atoms with Crippen molar-refractivity contribution >= 4 is 39.5 Å². The van der Waals surface area contributed by atoms with Gasteiger partial charge in [0.25, 0.3) is 0 Å². The van der Waals surface area contributed by atoms with Crippen LogP contribution in [0.1, 0.15) is 497 Å². The van der Waals surface area contributed by atoms with Crippen molar-refractivity contribution in [3.8, 4) is 0 Å². The third-order valence-corrected chi connectivity index (χ3v) is 23.6. The van der Waals surface area contributed by atoms with Gasteiger partial charge in [0, 0.05) is 25.7 Å². The van der Waals surface area contributed by atoms with Crippen LogP contribution < -0.4 is 0 Å². The zero-order valence-electron chi connectivity index (χ0n) is 73.3. The number of carbonyl (C=O) groups excluding carboxylic acids is 4. The molecule has 0 fully saturated rings. The van der Waals surface area contributed by atoms with Crippen molar-refractivity contribution in [2.24, 2.45) is 11.8 Å². The van der Waals surface area contributed by atoms with E-state index in [9.17, 15) is 43.2 Å². The van der Waals surface area contributed by atoms with Crippen molar-refractivity contribution in [3.63, 3.8) is 0 Å². The fraction of sp³-hybridized carbons (Fsp3) is 0.957. The molecule has 0 radical (unpaired) electrons. The highest BCUT2D eigenvalue weighted by Gasteiger charge is 2.31. The van der Waals surface area contributed by atoms with Crippen molar-refractivity contribution < 1.29 is 80.2 Å². The monoisotopic (exact) mass is 1620 g/mol. The van der Waals surface area contributed by atoms with Crippen molar-refractivity contribution in [1.82, 2.24) is 0 Å². The maximum atomic E-state index is 13.2. The lowest BCUT2D eigenvalue weighted by atomic mass is 10.0. The predicted molar refractivity (Wildman–Crippen MR) is 460 cm³/mol. The van der Waals surface area contributed by atoms with E-state index in [2.05, 4.69) is 41.5 Å². The molecule has 0 aliphatic carbocycles. The molecule has 0 heterocycles. The Morgan fingerprint density at radius 2 is 0.414 bits per heavy atom. The van der Waals surface area contributed by atoms with Gasteiger partial charge in [-0.25, -0.2) is 9.13 Å². The molecule has 0 aromatic carbocycles. The van der Waals surface area contributed by atoms with Crippen LogP contribution in [0.5, 0.6) is 0 Å². The lowest BCUT2D eigenvalue weighted by molar-refractivity contribution is -0.161. The number of hydrogen-bond acceptors (Lipinski definition) is 15. The highest BCUT2D eigenvalue weighted by atomic mass is 31.2. The van der Waals surface area contributed by atoms with E-state index in [1.807, 2.05) is 0 Å². The fourth-order valence-electron chi connectivity index (χ4n) is 14.5. The summed E-state index contributed by atoms with van der Waals surface area (Å²) in [5, 5.41) is 10.7. The molecule has 0 amide bonds. The molecule has 0 aromatic rings. The van der Waals surface area contributed by atoms with Gasteiger partial charge in [0.15, 0.2) is 12.2 Å². The Hall–Kier alpha value is -1.94. The van der Waals surface area contributed by atoms with E-state index in [1.54, 1.807) is 0 Å². The summed E-state index contributed by atoms with van der Waals surface area (Å²) in [6, 6.07) is 0. The molecule has 0 saturated heterocycles. The molecule has 2 unspecified atom stereocenters. The number of hydrogen-bond donors (Lipinski definition) is 3. The van der Waals surface area contributed by atoms with Gasteiger partial charge in [0.1, 0.15) is 19.3 Å². The van der Waals surface area contributed by atoms with Crippen LogP contribution in [0.3, 0.4) is 0 Å². The number of phosphoric ester groups is 2. The lowest BCUT2D eigenvalue weighted by Crippen LogP contribution is -2.30. The molecule has 0 aliphatic heterocycles. The molecule has 17 nitrogen and oxygen atoms in total. The Labute approximate surface area is 683 Å². The molecular weight excluding hydrogens is 1440 g/mol. The Morgan fingerprint density at radius 1 is 0.243 bits per heavy atom. The third kappa shape index (κ3) is 85.8. The van der Waals surface area contributed by atoms with Gasteiger partial charge in [-0.05, 0) is 37.5 Å². The van der Waals surface area contributed by atoms with E-state index in [0.29, 0.717) is 25.7 Å². The summed E-state index contributed by atoms with van der Waals surface area (Å²) in [6.07, 6.45) is 78.0. The zero-order valence-corrected chi connectivity index (χ0v) is 75.1. The second-order valence-electron chi connectivity index (χ2n) is 34.0. The Morgan fingerprint density at radius 3 is 0.613 bits per heavy atom. The molecule has 0 saturated carbocycles. The van der Waals surface area contributed by atoms with Gasteiger partial charge in [-0.2, -0.15) is 0 Å². The minimum atomic E-state index is -4.97. The normalized spacial score (nSPS) is 13.7. The molecule has 0 bridgehead atoms. The van der Waals surface area contributed by atoms with Crippen LogP contribution in [0.15, 0.2) is 0 Å². The summed E-state index contributed by atoms with van der Waals surface area (Å²) < 4.78 is 69.1. The number of unbranched alkanes of at least 4 members (excludes halogenated alkanes) is 61. The van der Waals surface area contributed by atoms with Crippen molar-refractivity contribution in [2.45, 2.75) is 516 Å². The van der Waals surface area contributed by atoms with Gasteiger partial charge in [-0.3, -0.25) is 37.3 Å². The second-order valence-corrected chi connectivity index (χ2v) is 36.9. The summed E-state index contributed by atoms with van der Waals surface area (Å²) >= 11 is 0. The molecule has 0 aromatic heterocycles. The summed E-state index contributed by atoms with van der Waals surface area (Å²) in [5.74, 6) is -0.557. The maximum Gasteiger partial charge on any atom is 0.472 e. The first-order chi connectivity index (χ1) is 53.9. The van der Waals surface area contributed by atoms with Gasteiger partial charge in [0.05, 0.1) is 26.4 Å². The summed E-state index contributed by atoms with van der Waals surface area (Å²) in [5.41, 5.74) is 0. The van der Waals surface area contributed by atoms with Crippen LogP contribution in [0.25, 0.3) is 0 Å². The zero-order chi connectivity index (χ0) is 81.3. The number of carbonyl (C=O) groups is 4. The third-order valence-electron chi connectivity index (χ3n) is 21.7. The average Bonchev–Trinajstić information content (AvgIpc) is 0.898. The molecule has 0 rings (SSSR count). The molecule has 0 spiro atoms. The number of aliphatic hydroxyl groups is 1. The van der Waals surface area contributed by atoms with Crippen molar-refractivity contribution in [2.75, 3.05) is 39.6 Å². The summed E-state index contributed by atoms with van der Waals surface area (Å²) in [7, 11) is -9.94. The maximum absolute atomic E-state index is 13.2. The second kappa shape index (κ2) is 83.1. The number of ether oxygens (including phenoxy) is 4. The van der Waals surface area contributed by atoms with E-state index in [1.165, 1.54) is 315 Å². The van der Waals surface area contributed by atoms with Crippen molar-refractivity contribution in [1.29, 1.82) is 0 Å². The first-order valence-electron chi connectivity index (χ1n) is 47.5. The Balaban J connectivity index is 5.23. The Bertz CT molecular complexity index is 2120. The van der Waals surface area contributed by atoms with E-state index in [4.69, 9.17) is 37.0 Å². The topological polar surface area (TPSA) is 237 Å². The highest BCUT2D eigenvalue weighted by molar-refractivity contribution is 7.47. The molecule has 3 N–H and O–H groups in total. The van der Waals surface area contributed by atoms with Crippen molar-refractivity contribution in [3.05, 3.63) is 0 Å². The summed E-state index contributed by atoms with van der Waals surface area (Å²) in [6.45, 7) is 9.70. The highest BCUT2D eigenvalue weighted by Crippen LogP contribution is 2.45. The molecule has 660 valence electrons. The van der Waals surface area contributed by atoms with Crippen LogP contribution in [0.2, 0.25) is 0 Å². The van der Waals surface area contributed by atoms with Gasteiger partial charge >= 0.3 is 39.5 Å². The summed E-state index contributed by atoms with van der Waals surface area (Å²) in [4.78, 5) is 73.4. The van der Waals surface area contributed by atoms with Crippen LogP contribution in [0, 0.1) is 11.8 Å². The van der Waals surface area contributed by atoms with Gasteiger partial charge in [-0.1, -0.05) is 446 Å². The van der Waals surface area contributed by atoms with E-state index >= 15 is 0 Å². The Kier molecular flexibility index (Phi) is 81.7. The van der Waals surface area contributed by atoms with Gasteiger partial charge in [0.2, 0.25) is 0 Å². The SMILES string of the molecule is CCCCCCCCCCCCCCCCCCCCCCCCC(=O)O[C@H](COC(=O)CCCCCCCCCCCCCCCCCCC(C)C)COP(=O)(O)OC[C@@H](O)COP(=O)(O)OC[C@@H](COC(=O)CCCCCCCCCCC(C)C)OC(=O)CCCCCCCCCCCCCCCCCCCCC. The largest absolute Gasteiger partial charge is 0.472 e. The van der Waals surface area contributed by atoms with E-state index < -0.39 is 97.5 Å². The molecular formula is C92H180O17P2. The standard InChI is InChI=1S/C92H180O17P2/c1-7-9-11-13-15-17-19-21-23-25-27-28-29-31-33-39-43-47-51-59-65-70-76-91(96)108-87(80-102-89(94)74-68-62-56-49-45-41-37-35-34-36-40-44-48-54-60-66-72-84(3)4)82-106-110(98,99)104-78-86(93)79-105-111(100,101)107-83-88(81-103-90(95)75-69-63-57-53-52-55-61-67-73-85(5)6)109-92(97)77-71-64-58-50-46-42-38-32-30-26-24-22-20-18-16-14-12-10-8-2/h84-88,93H,7-83H2,1-6H3,(H,98,99)(H,100,101)/t86-,87-,88-/m1/s1.